The van der Waals surface area contributed by atoms with E-state index in [1.807, 2.05) is 0 Å². The molecule has 2 aliphatic heterocycles. The van der Waals surface area contributed by atoms with E-state index in [0.717, 1.165) is 32.2 Å². The summed E-state index contributed by atoms with van der Waals surface area (Å²) in [5.74, 6) is -2.86. The third-order valence-electron chi connectivity index (χ3n) is 8.74. The van der Waals surface area contributed by atoms with Crippen molar-refractivity contribution >= 4 is 11.8 Å². The topological polar surface area (TPSA) is 61.4 Å². The number of hydrogen-bond donors (Lipinski definition) is 2. The van der Waals surface area contributed by atoms with Crippen molar-refractivity contribution < 1.29 is 22.8 Å². The fourth-order valence-electron chi connectivity index (χ4n) is 6.52. The normalized spacial score (nSPS) is 28.8. The lowest BCUT2D eigenvalue weighted by atomic mass is 9.79. The number of alkyl halides is 2. The Bertz CT molecular complexity index is 1030. The van der Waals surface area contributed by atoms with E-state index >= 15 is 4.39 Å². The third kappa shape index (κ3) is 5.20. The largest absolute Gasteiger partial charge is 0.329 e. The summed E-state index contributed by atoms with van der Waals surface area (Å²) >= 11 is 0. The summed E-state index contributed by atoms with van der Waals surface area (Å²) in [7, 11) is 0. The molecular formula is C28H36F3N3O2. The summed E-state index contributed by atoms with van der Waals surface area (Å²) in [6, 6.07) is 3.08. The number of nitrogens with zero attached hydrogens (tertiary/aromatic N) is 1. The van der Waals surface area contributed by atoms with Gasteiger partial charge in [0.05, 0.1) is 6.54 Å². The van der Waals surface area contributed by atoms with E-state index in [4.69, 9.17) is 0 Å². The SMILES string of the molecule is C=C1CCC(N2Cc3c(ccc(C[C@H]4CCCC[C@@H]4NCC4CCC(F)(F)CC4)c3F)C2=O)C(=O)N1. The van der Waals surface area contributed by atoms with E-state index in [1.165, 1.54) is 4.90 Å². The van der Waals surface area contributed by atoms with E-state index in [2.05, 4.69) is 17.2 Å². The molecule has 5 nitrogen and oxygen atoms in total. The zero-order valence-corrected chi connectivity index (χ0v) is 20.8. The highest BCUT2D eigenvalue weighted by Gasteiger charge is 2.40. The monoisotopic (exact) mass is 503 g/mol. The van der Waals surface area contributed by atoms with Gasteiger partial charge in [-0.1, -0.05) is 25.5 Å². The molecule has 2 aliphatic carbocycles. The molecule has 0 spiro atoms. The Labute approximate surface area is 210 Å². The molecule has 0 radical (unpaired) electrons. The second kappa shape index (κ2) is 10.2. The summed E-state index contributed by atoms with van der Waals surface area (Å²) in [6.07, 6.45) is 6.93. The van der Waals surface area contributed by atoms with Gasteiger partial charge in [-0.2, -0.15) is 0 Å². The van der Waals surface area contributed by atoms with Crippen LogP contribution >= 0.6 is 0 Å². The zero-order valence-electron chi connectivity index (χ0n) is 20.8. The maximum absolute atomic E-state index is 15.7. The van der Waals surface area contributed by atoms with Crippen LogP contribution in [-0.4, -0.2) is 41.3 Å². The maximum atomic E-state index is 15.7. The van der Waals surface area contributed by atoms with Crippen LogP contribution in [0.25, 0.3) is 0 Å². The van der Waals surface area contributed by atoms with E-state index in [-0.39, 0.29) is 54.9 Å². The number of halogens is 3. The van der Waals surface area contributed by atoms with E-state index < -0.39 is 12.0 Å². The molecule has 5 rings (SSSR count). The van der Waals surface area contributed by atoms with Crippen molar-refractivity contribution in [3.63, 3.8) is 0 Å². The van der Waals surface area contributed by atoms with Crippen molar-refractivity contribution in [3.05, 3.63) is 46.9 Å². The van der Waals surface area contributed by atoms with Crippen LogP contribution in [0.5, 0.6) is 0 Å². The first-order valence-corrected chi connectivity index (χ1v) is 13.4. The quantitative estimate of drug-likeness (QED) is 0.569. The van der Waals surface area contributed by atoms with Crippen LogP contribution in [0.15, 0.2) is 24.4 Å². The molecule has 36 heavy (non-hydrogen) atoms. The maximum Gasteiger partial charge on any atom is 0.255 e. The van der Waals surface area contributed by atoms with Gasteiger partial charge < -0.3 is 15.5 Å². The molecule has 1 saturated heterocycles. The number of fused-ring (bicyclic) bond motifs is 1. The molecule has 4 aliphatic rings. The molecule has 2 saturated carbocycles. The molecule has 2 amide bonds. The van der Waals surface area contributed by atoms with Gasteiger partial charge in [0.2, 0.25) is 11.8 Å². The molecule has 1 aromatic rings. The lowest BCUT2D eigenvalue weighted by Gasteiger charge is -2.35. The predicted octanol–water partition coefficient (Wildman–Crippen LogP) is 5.09. The minimum Gasteiger partial charge on any atom is -0.329 e. The van der Waals surface area contributed by atoms with Gasteiger partial charge >= 0.3 is 0 Å². The van der Waals surface area contributed by atoms with Crippen molar-refractivity contribution in [1.29, 1.82) is 0 Å². The highest BCUT2D eigenvalue weighted by atomic mass is 19.3. The molecule has 0 aromatic heterocycles. The Balaban J connectivity index is 1.24. The van der Waals surface area contributed by atoms with Crippen molar-refractivity contribution in [1.82, 2.24) is 15.5 Å². The van der Waals surface area contributed by atoms with E-state index in [9.17, 15) is 18.4 Å². The first kappa shape index (κ1) is 25.3. The minimum absolute atomic E-state index is 0.0270. The molecule has 8 heteroatoms. The summed E-state index contributed by atoms with van der Waals surface area (Å²) in [6.45, 7) is 4.63. The van der Waals surface area contributed by atoms with Crippen LogP contribution in [-0.2, 0) is 17.8 Å². The number of nitrogens with one attached hydrogen (secondary N) is 2. The lowest BCUT2D eigenvalue weighted by Crippen LogP contribution is -2.49. The Morgan fingerprint density at radius 2 is 1.83 bits per heavy atom. The fraction of sp³-hybridized carbons (Fsp3) is 0.643. The lowest BCUT2D eigenvalue weighted by molar-refractivity contribution is -0.126. The van der Waals surface area contributed by atoms with Gasteiger partial charge in [-0.05, 0) is 75.0 Å². The third-order valence-corrected chi connectivity index (χ3v) is 8.74. The van der Waals surface area contributed by atoms with Gasteiger partial charge in [0.1, 0.15) is 11.9 Å². The second-order valence-corrected chi connectivity index (χ2v) is 11.2. The van der Waals surface area contributed by atoms with Crippen LogP contribution in [0.1, 0.15) is 85.7 Å². The number of amides is 2. The summed E-state index contributed by atoms with van der Waals surface area (Å²) in [5.41, 5.74) is 1.99. The summed E-state index contributed by atoms with van der Waals surface area (Å²) < 4.78 is 42.7. The molecule has 3 atom stereocenters. The van der Waals surface area contributed by atoms with Gasteiger partial charge in [-0.15, -0.1) is 0 Å². The molecule has 3 fully saturated rings. The van der Waals surface area contributed by atoms with Gasteiger partial charge in [0.15, 0.2) is 0 Å². The van der Waals surface area contributed by atoms with Gasteiger partial charge in [-0.25, -0.2) is 13.2 Å². The predicted molar refractivity (Wildman–Crippen MR) is 131 cm³/mol. The molecular weight excluding hydrogens is 467 g/mol. The number of allylic oxidation sites excluding steroid dienone is 1. The minimum atomic E-state index is -2.51. The molecule has 2 N–H and O–H groups in total. The van der Waals surface area contributed by atoms with Crippen LogP contribution in [0, 0.1) is 17.7 Å². The van der Waals surface area contributed by atoms with Crippen LogP contribution in [0.4, 0.5) is 13.2 Å². The zero-order chi connectivity index (χ0) is 25.4. The summed E-state index contributed by atoms with van der Waals surface area (Å²) in [5, 5.41) is 6.36. The van der Waals surface area contributed by atoms with Crippen molar-refractivity contribution in [2.24, 2.45) is 11.8 Å². The number of carbonyl (C=O) groups excluding carboxylic acids is 2. The van der Waals surface area contributed by atoms with Crippen molar-refractivity contribution in [2.45, 2.75) is 95.2 Å². The van der Waals surface area contributed by atoms with Crippen LogP contribution in [0.2, 0.25) is 0 Å². The number of rotatable bonds is 6. The average molecular weight is 504 g/mol. The van der Waals surface area contributed by atoms with E-state index in [0.29, 0.717) is 54.5 Å². The van der Waals surface area contributed by atoms with E-state index in [1.54, 1.807) is 12.1 Å². The standard InChI is InChI=1S/C28H36F3N3O2/c1-17-6-9-24(26(35)33-17)34-16-22-21(27(34)36)8-7-20(25(22)29)14-19-4-2-3-5-23(19)32-15-18-10-12-28(30,31)13-11-18/h7-8,18-19,23-24,32H,1-6,9-16H2,(H,33,35)/t19-,23+,24?/m1/s1. The number of benzene rings is 1. The van der Waals surface area contributed by atoms with Gasteiger partial charge in [0, 0.05) is 35.7 Å². The fourth-order valence-corrected chi connectivity index (χ4v) is 6.52. The Hall–Kier alpha value is -2.35. The number of piperidine rings is 1. The molecule has 1 aromatic carbocycles. The number of hydrogen-bond acceptors (Lipinski definition) is 3. The first-order chi connectivity index (χ1) is 17.2. The molecule has 0 bridgehead atoms. The number of carbonyl (C=O) groups is 2. The van der Waals surface area contributed by atoms with Crippen LogP contribution in [0.3, 0.4) is 0 Å². The summed E-state index contributed by atoms with van der Waals surface area (Å²) in [4.78, 5) is 26.9. The molecule has 2 heterocycles. The second-order valence-electron chi connectivity index (χ2n) is 11.2. The van der Waals surface area contributed by atoms with Crippen LogP contribution < -0.4 is 10.6 Å². The van der Waals surface area contributed by atoms with Gasteiger partial charge in [-0.3, -0.25) is 9.59 Å². The molecule has 1 unspecified atom stereocenters. The first-order valence-electron chi connectivity index (χ1n) is 13.4. The van der Waals surface area contributed by atoms with Crippen molar-refractivity contribution in [3.8, 4) is 0 Å². The Morgan fingerprint density at radius 1 is 1.08 bits per heavy atom. The smallest absolute Gasteiger partial charge is 0.255 e. The Morgan fingerprint density at radius 3 is 2.58 bits per heavy atom. The van der Waals surface area contributed by atoms with Gasteiger partial charge in [0.25, 0.3) is 5.91 Å². The highest BCUT2D eigenvalue weighted by Crippen LogP contribution is 2.37. The average Bonchev–Trinajstić information content (AvgIpc) is 3.18. The van der Waals surface area contributed by atoms with Crippen molar-refractivity contribution in [2.75, 3.05) is 6.54 Å². The highest BCUT2D eigenvalue weighted by molar-refractivity contribution is 6.01. The molecule has 196 valence electrons. The Kier molecular flexibility index (Phi) is 7.16.